The van der Waals surface area contributed by atoms with Gasteiger partial charge in [-0.1, -0.05) is 24.3 Å². The summed E-state index contributed by atoms with van der Waals surface area (Å²) in [6.07, 6.45) is 12.4. The molecule has 0 fully saturated rings. The van der Waals surface area contributed by atoms with Crippen molar-refractivity contribution in [3.8, 4) is 0 Å². The van der Waals surface area contributed by atoms with Crippen molar-refractivity contribution in [1.29, 1.82) is 0 Å². The van der Waals surface area contributed by atoms with Crippen molar-refractivity contribution in [2.24, 2.45) is 0 Å². The normalized spacial score (nSPS) is 18.7. The lowest BCUT2D eigenvalue weighted by atomic mass is 10.1. The van der Waals surface area contributed by atoms with E-state index in [1.165, 1.54) is 5.57 Å². The van der Waals surface area contributed by atoms with Gasteiger partial charge in [-0.25, -0.2) is 0 Å². The largest absolute Gasteiger partial charge is 0.358 e. The summed E-state index contributed by atoms with van der Waals surface area (Å²) in [5.41, 5.74) is 3.52. The predicted molar refractivity (Wildman–Crippen MR) is 69.5 cm³/mol. The molecule has 0 aromatic rings. The van der Waals surface area contributed by atoms with Crippen molar-refractivity contribution >= 4 is 32.9 Å². The summed E-state index contributed by atoms with van der Waals surface area (Å²) in [6, 6.07) is 0. The van der Waals surface area contributed by atoms with Crippen LogP contribution in [0, 0.1) is 0 Å². The van der Waals surface area contributed by atoms with Gasteiger partial charge in [-0.3, -0.25) is 0 Å². The molecule has 2 aliphatic rings. The van der Waals surface area contributed by atoms with Gasteiger partial charge in [-0.15, -0.1) is 17.0 Å². The summed E-state index contributed by atoms with van der Waals surface area (Å²) >= 11 is 3.50. The molecule has 0 bridgehead atoms. The van der Waals surface area contributed by atoms with Crippen molar-refractivity contribution in [2.75, 3.05) is 0 Å². The van der Waals surface area contributed by atoms with Crippen LogP contribution in [0.2, 0.25) is 0 Å². The molecule has 1 aliphatic heterocycles. The Kier molecular flexibility index (Phi) is 3.96. The van der Waals surface area contributed by atoms with Gasteiger partial charge in [0.25, 0.3) is 0 Å². The molecule has 0 radical (unpaired) electrons. The summed E-state index contributed by atoms with van der Waals surface area (Å²) in [5, 5.41) is 3.33. The molecule has 0 saturated carbocycles. The average molecular weight is 317 g/mol. The minimum atomic E-state index is 0. The number of nitrogens with one attached hydrogen (secondary N) is 1. The Morgan fingerprint density at radius 1 is 1.21 bits per heavy atom. The van der Waals surface area contributed by atoms with Crippen molar-refractivity contribution in [2.45, 2.75) is 6.92 Å². The molecule has 0 amide bonds. The Morgan fingerprint density at radius 3 is 2.79 bits per heavy atom. The van der Waals surface area contributed by atoms with E-state index in [-0.39, 0.29) is 17.0 Å². The quantitative estimate of drug-likeness (QED) is 0.718. The summed E-state index contributed by atoms with van der Waals surface area (Å²) in [4.78, 5) is 0. The maximum absolute atomic E-state index is 3.50. The van der Waals surface area contributed by atoms with Crippen LogP contribution in [0.3, 0.4) is 0 Å². The Bertz CT molecular complexity index is 384. The van der Waals surface area contributed by atoms with Gasteiger partial charge in [-0.05, 0) is 40.6 Å². The smallest absolute Gasteiger partial charge is 0.0456 e. The third kappa shape index (κ3) is 2.28. The van der Waals surface area contributed by atoms with Gasteiger partial charge in [0.05, 0.1) is 0 Å². The van der Waals surface area contributed by atoms with E-state index in [4.69, 9.17) is 0 Å². The molecule has 2 rings (SSSR count). The highest BCUT2D eigenvalue weighted by Crippen LogP contribution is 2.25. The van der Waals surface area contributed by atoms with E-state index in [0.717, 1.165) is 15.9 Å². The predicted octanol–water partition coefficient (Wildman–Crippen LogP) is 3.73. The zero-order chi connectivity index (χ0) is 9.26. The molecule has 3 heteroatoms. The molecule has 0 atom stereocenters. The maximum atomic E-state index is 3.50. The fourth-order valence-corrected chi connectivity index (χ4v) is 1.65. The number of rotatable bonds is 0. The van der Waals surface area contributed by atoms with Crippen molar-refractivity contribution in [1.82, 2.24) is 5.32 Å². The van der Waals surface area contributed by atoms with Gasteiger partial charge in [0, 0.05) is 15.9 Å². The molecule has 0 unspecified atom stereocenters. The lowest BCUT2D eigenvalue weighted by Gasteiger charge is -2.17. The van der Waals surface area contributed by atoms with Crippen LogP contribution in [0.15, 0.2) is 57.9 Å². The monoisotopic (exact) mass is 315 g/mol. The molecule has 0 saturated heterocycles. The lowest BCUT2D eigenvalue weighted by Crippen LogP contribution is -2.16. The number of allylic oxidation sites excluding steroid dienone is 8. The lowest BCUT2D eigenvalue weighted by molar-refractivity contribution is 0.968. The number of hydrogen-bond acceptors (Lipinski definition) is 1. The van der Waals surface area contributed by atoms with Crippen LogP contribution in [0.4, 0.5) is 0 Å². The second-order valence-electron chi connectivity index (χ2n) is 3.02. The zero-order valence-corrected chi connectivity index (χ0v) is 11.0. The van der Waals surface area contributed by atoms with E-state index in [9.17, 15) is 0 Å². The molecule has 1 nitrogen and oxygen atoms in total. The van der Waals surface area contributed by atoms with Crippen LogP contribution in [0.25, 0.3) is 0 Å². The molecular weight excluding hydrogens is 306 g/mol. The van der Waals surface area contributed by atoms with Crippen molar-refractivity contribution < 1.29 is 0 Å². The van der Waals surface area contributed by atoms with Gasteiger partial charge < -0.3 is 5.32 Å². The minimum absolute atomic E-state index is 0. The summed E-state index contributed by atoms with van der Waals surface area (Å²) < 4.78 is 1.12. The van der Waals surface area contributed by atoms with Crippen LogP contribution < -0.4 is 5.32 Å². The van der Waals surface area contributed by atoms with Crippen LogP contribution in [0.5, 0.6) is 0 Å². The fourth-order valence-electron chi connectivity index (χ4n) is 1.31. The molecule has 1 aliphatic carbocycles. The van der Waals surface area contributed by atoms with E-state index in [2.05, 4.69) is 46.4 Å². The Hall–Kier alpha value is -0.540. The van der Waals surface area contributed by atoms with Crippen LogP contribution >= 0.6 is 32.9 Å². The third-order valence-electron chi connectivity index (χ3n) is 2.03. The molecule has 0 aromatic heterocycles. The van der Waals surface area contributed by atoms with Gasteiger partial charge >= 0.3 is 0 Å². The van der Waals surface area contributed by atoms with Crippen LogP contribution in [-0.2, 0) is 0 Å². The van der Waals surface area contributed by atoms with E-state index < -0.39 is 0 Å². The molecule has 0 spiro atoms. The second kappa shape index (κ2) is 4.80. The summed E-state index contributed by atoms with van der Waals surface area (Å²) in [6.45, 7) is 2.05. The van der Waals surface area contributed by atoms with Gasteiger partial charge in [-0.2, -0.15) is 0 Å². The standard InChI is InChI=1S/C11H10BrN.BrH/c1-8-10(12)7-9-5-3-2-4-6-11(9)13-8;/h2-7,13H,1H3;1H. The van der Waals surface area contributed by atoms with E-state index in [1.807, 2.05) is 18.2 Å². The van der Waals surface area contributed by atoms with Gasteiger partial charge in [0.15, 0.2) is 0 Å². The molecule has 14 heavy (non-hydrogen) atoms. The first-order valence-corrected chi connectivity index (χ1v) is 4.97. The first-order chi connectivity index (χ1) is 6.27. The Balaban J connectivity index is 0.000000980. The molecular formula is C11H11Br2N. The number of fused-ring (bicyclic) bond motifs is 1. The highest BCUT2D eigenvalue weighted by atomic mass is 79.9. The first-order valence-electron chi connectivity index (χ1n) is 4.18. The zero-order valence-electron chi connectivity index (χ0n) is 7.75. The molecule has 74 valence electrons. The second-order valence-corrected chi connectivity index (χ2v) is 3.88. The van der Waals surface area contributed by atoms with Crippen LogP contribution in [-0.4, -0.2) is 0 Å². The topological polar surface area (TPSA) is 12.0 Å². The third-order valence-corrected chi connectivity index (χ3v) is 2.86. The Labute approximate surface area is 103 Å². The van der Waals surface area contributed by atoms with E-state index >= 15 is 0 Å². The van der Waals surface area contributed by atoms with Gasteiger partial charge in [0.1, 0.15) is 0 Å². The SMILES string of the molecule is Br.CC1=C(Br)C=C2C=CC=CC=C2N1. The highest BCUT2D eigenvalue weighted by molar-refractivity contribution is 9.11. The van der Waals surface area contributed by atoms with Crippen molar-refractivity contribution in [3.05, 3.63) is 57.9 Å². The average Bonchev–Trinajstić information content (AvgIpc) is 2.31. The summed E-state index contributed by atoms with van der Waals surface area (Å²) in [5.74, 6) is 0. The van der Waals surface area contributed by atoms with E-state index in [1.54, 1.807) is 0 Å². The number of dihydropyridines is 1. The highest BCUT2D eigenvalue weighted by Gasteiger charge is 2.10. The van der Waals surface area contributed by atoms with E-state index in [0.29, 0.717) is 0 Å². The van der Waals surface area contributed by atoms with Crippen LogP contribution in [0.1, 0.15) is 6.92 Å². The fraction of sp³-hybridized carbons (Fsp3) is 0.0909. The van der Waals surface area contributed by atoms with Crippen molar-refractivity contribution in [3.63, 3.8) is 0 Å². The molecule has 1 heterocycles. The van der Waals surface area contributed by atoms with Gasteiger partial charge in [0.2, 0.25) is 0 Å². The Morgan fingerprint density at radius 2 is 2.00 bits per heavy atom. The number of hydrogen-bond donors (Lipinski definition) is 1. The molecule has 0 aromatic carbocycles. The summed E-state index contributed by atoms with van der Waals surface area (Å²) in [7, 11) is 0. The minimum Gasteiger partial charge on any atom is -0.358 e. The number of halogens is 2. The molecule has 1 N–H and O–H groups in total. The maximum Gasteiger partial charge on any atom is 0.0456 e. The first kappa shape index (κ1) is 11.5.